The molecular formula is C26H38N2O3S2. The van der Waals surface area contributed by atoms with Crippen LogP contribution in [0.1, 0.15) is 68.0 Å². The van der Waals surface area contributed by atoms with Crippen LogP contribution in [-0.4, -0.2) is 27.6 Å². The Bertz CT molecular complexity index is 965. The molecule has 0 aliphatic rings. The molecule has 3 aromatic rings. The van der Waals surface area contributed by atoms with Gasteiger partial charge < -0.3 is 9.47 Å². The van der Waals surface area contributed by atoms with Crippen LogP contribution in [0.15, 0.2) is 46.0 Å². The second-order valence-corrected chi connectivity index (χ2v) is 10.8. The standard InChI is InChI=1S/C16H16N2OS2.C8H16O2.C2H6/c1-11(2)19-16-14(10-21-15-8-5-9-20-15)17-12-6-3-4-7-13(12)18-16;1-6(2)7(9)10-8(3,4)5;1-2/h3-9,11H,10H2,1-2H3;6H,1-5H3;1-2H3. The number of hydrogen-bond donors (Lipinski definition) is 0. The van der Waals surface area contributed by atoms with Gasteiger partial charge in [-0.2, -0.15) is 0 Å². The van der Waals surface area contributed by atoms with Gasteiger partial charge in [-0.15, -0.1) is 23.1 Å². The van der Waals surface area contributed by atoms with E-state index in [2.05, 4.69) is 22.5 Å². The molecule has 0 radical (unpaired) electrons. The summed E-state index contributed by atoms with van der Waals surface area (Å²) in [5.74, 6) is 1.25. The van der Waals surface area contributed by atoms with E-state index in [9.17, 15) is 4.79 Å². The number of esters is 1. The summed E-state index contributed by atoms with van der Waals surface area (Å²) in [6, 6.07) is 12.1. The Labute approximate surface area is 207 Å². The van der Waals surface area contributed by atoms with E-state index in [4.69, 9.17) is 14.5 Å². The Balaban J connectivity index is 0.000000386. The molecule has 0 unspecified atom stereocenters. The number of thioether (sulfide) groups is 1. The monoisotopic (exact) mass is 490 g/mol. The van der Waals surface area contributed by atoms with E-state index in [-0.39, 0.29) is 23.6 Å². The zero-order valence-electron chi connectivity index (χ0n) is 21.3. The van der Waals surface area contributed by atoms with Crippen molar-refractivity contribution < 1.29 is 14.3 Å². The molecule has 33 heavy (non-hydrogen) atoms. The number of aromatic nitrogens is 2. The molecule has 0 saturated heterocycles. The second-order valence-electron chi connectivity index (χ2n) is 8.54. The van der Waals surface area contributed by atoms with Gasteiger partial charge in [-0.1, -0.05) is 45.9 Å². The average molecular weight is 491 g/mol. The summed E-state index contributed by atoms with van der Waals surface area (Å²) in [6.07, 6.45) is 0.0888. The molecule has 182 valence electrons. The Hall–Kier alpha value is -2.12. The normalized spacial score (nSPS) is 10.9. The Morgan fingerprint density at radius 2 is 1.61 bits per heavy atom. The summed E-state index contributed by atoms with van der Waals surface area (Å²) >= 11 is 3.51. The molecule has 0 amide bonds. The molecule has 0 fully saturated rings. The van der Waals surface area contributed by atoms with E-state index in [0.29, 0.717) is 5.88 Å². The Kier molecular flexibility index (Phi) is 12.4. The maximum absolute atomic E-state index is 10.9. The summed E-state index contributed by atoms with van der Waals surface area (Å²) in [7, 11) is 0. The lowest BCUT2D eigenvalue weighted by Crippen LogP contribution is -2.26. The van der Waals surface area contributed by atoms with Crippen LogP contribution in [0.5, 0.6) is 5.88 Å². The zero-order chi connectivity index (χ0) is 25.0. The SMILES string of the molecule is CC.CC(C)C(=O)OC(C)(C)C.CC(C)Oc1nc2ccccc2nc1CSc1cccs1. The first-order chi connectivity index (χ1) is 15.5. The predicted molar refractivity (Wildman–Crippen MR) is 141 cm³/mol. The van der Waals surface area contributed by atoms with Crippen molar-refractivity contribution in [2.45, 2.75) is 84.0 Å². The topological polar surface area (TPSA) is 61.3 Å². The van der Waals surface area contributed by atoms with Crippen molar-refractivity contribution in [1.82, 2.24) is 9.97 Å². The van der Waals surface area contributed by atoms with Crippen LogP contribution in [0, 0.1) is 5.92 Å². The predicted octanol–water partition coefficient (Wildman–Crippen LogP) is 7.78. The van der Waals surface area contributed by atoms with Crippen LogP contribution in [0.25, 0.3) is 11.0 Å². The van der Waals surface area contributed by atoms with Crippen molar-refractivity contribution in [3.8, 4) is 5.88 Å². The number of hydrogen-bond acceptors (Lipinski definition) is 7. The lowest BCUT2D eigenvalue weighted by Gasteiger charge is -2.20. The molecule has 0 aliphatic carbocycles. The highest BCUT2D eigenvalue weighted by Crippen LogP contribution is 2.30. The maximum Gasteiger partial charge on any atom is 0.308 e. The van der Waals surface area contributed by atoms with E-state index >= 15 is 0 Å². The van der Waals surface area contributed by atoms with E-state index in [1.165, 1.54) is 4.21 Å². The molecule has 0 bridgehead atoms. The molecule has 7 heteroatoms. The van der Waals surface area contributed by atoms with Gasteiger partial charge in [0, 0.05) is 5.75 Å². The number of carbonyl (C=O) groups is 1. The van der Waals surface area contributed by atoms with Crippen molar-refractivity contribution in [2.75, 3.05) is 0 Å². The molecule has 1 aromatic carbocycles. The number of benzene rings is 1. The van der Waals surface area contributed by atoms with Gasteiger partial charge in [0.15, 0.2) is 0 Å². The number of thiophene rings is 1. The molecule has 2 heterocycles. The van der Waals surface area contributed by atoms with Crippen molar-refractivity contribution in [3.63, 3.8) is 0 Å². The molecule has 0 saturated carbocycles. The minimum atomic E-state index is -0.346. The number of fused-ring (bicyclic) bond motifs is 1. The number of ether oxygens (including phenoxy) is 2. The van der Waals surface area contributed by atoms with Gasteiger partial charge >= 0.3 is 5.97 Å². The van der Waals surface area contributed by atoms with E-state index in [1.807, 2.05) is 86.6 Å². The van der Waals surface area contributed by atoms with Gasteiger partial charge in [-0.25, -0.2) is 9.97 Å². The highest BCUT2D eigenvalue weighted by Gasteiger charge is 2.18. The minimum Gasteiger partial charge on any atom is -0.474 e. The zero-order valence-corrected chi connectivity index (χ0v) is 23.0. The van der Waals surface area contributed by atoms with Gasteiger partial charge in [0.25, 0.3) is 0 Å². The summed E-state index contributed by atoms with van der Waals surface area (Å²) in [5, 5.41) is 2.08. The lowest BCUT2D eigenvalue weighted by atomic mass is 10.1. The Morgan fingerprint density at radius 3 is 2.06 bits per heavy atom. The Morgan fingerprint density at radius 1 is 1.00 bits per heavy atom. The molecule has 2 aromatic heterocycles. The van der Waals surface area contributed by atoms with Crippen molar-refractivity contribution in [1.29, 1.82) is 0 Å². The fourth-order valence-electron chi connectivity index (χ4n) is 2.34. The van der Waals surface area contributed by atoms with Gasteiger partial charge in [0.1, 0.15) is 11.3 Å². The number of carbonyl (C=O) groups excluding carboxylic acids is 1. The smallest absolute Gasteiger partial charge is 0.308 e. The lowest BCUT2D eigenvalue weighted by molar-refractivity contribution is -0.158. The highest BCUT2D eigenvalue weighted by molar-refractivity contribution is 8.00. The largest absolute Gasteiger partial charge is 0.474 e. The van der Waals surface area contributed by atoms with Gasteiger partial charge in [-0.05, 0) is 58.2 Å². The molecule has 5 nitrogen and oxygen atoms in total. The van der Waals surface area contributed by atoms with Crippen LogP contribution in [-0.2, 0) is 15.3 Å². The molecule has 0 aliphatic heterocycles. The summed E-state index contributed by atoms with van der Waals surface area (Å²) in [6.45, 7) is 17.3. The van der Waals surface area contributed by atoms with Crippen LogP contribution >= 0.6 is 23.1 Å². The number of para-hydroxylation sites is 2. The van der Waals surface area contributed by atoms with Crippen molar-refractivity contribution in [2.24, 2.45) is 5.92 Å². The van der Waals surface area contributed by atoms with Gasteiger partial charge in [-0.3, -0.25) is 4.79 Å². The third-order valence-electron chi connectivity index (χ3n) is 3.68. The molecule has 0 spiro atoms. The number of rotatable bonds is 6. The van der Waals surface area contributed by atoms with E-state index in [1.54, 1.807) is 23.1 Å². The molecule has 0 N–H and O–H groups in total. The third kappa shape index (κ3) is 11.0. The van der Waals surface area contributed by atoms with Crippen molar-refractivity contribution in [3.05, 3.63) is 47.5 Å². The van der Waals surface area contributed by atoms with Crippen LogP contribution in [0.2, 0.25) is 0 Å². The quantitative estimate of drug-likeness (QED) is 0.260. The molecular weight excluding hydrogens is 452 g/mol. The average Bonchev–Trinajstić information content (AvgIpc) is 3.26. The maximum atomic E-state index is 10.9. The van der Waals surface area contributed by atoms with Gasteiger partial charge in [0.05, 0.1) is 27.3 Å². The number of nitrogens with zero attached hydrogens (tertiary/aromatic N) is 2. The van der Waals surface area contributed by atoms with Crippen LogP contribution in [0.3, 0.4) is 0 Å². The van der Waals surface area contributed by atoms with E-state index < -0.39 is 0 Å². The molecule has 0 atom stereocenters. The first-order valence-corrected chi connectivity index (χ1v) is 13.2. The van der Waals surface area contributed by atoms with Gasteiger partial charge in [0.2, 0.25) is 5.88 Å². The van der Waals surface area contributed by atoms with Crippen LogP contribution in [0.4, 0.5) is 0 Å². The highest BCUT2D eigenvalue weighted by atomic mass is 32.2. The summed E-state index contributed by atoms with van der Waals surface area (Å²) in [5.41, 5.74) is 2.34. The van der Waals surface area contributed by atoms with E-state index in [0.717, 1.165) is 22.5 Å². The summed E-state index contributed by atoms with van der Waals surface area (Å²) in [4.78, 5) is 20.3. The first-order valence-electron chi connectivity index (χ1n) is 11.4. The molecule has 3 rings (SSSR count). The minimum absolute atomic E-state index is 0.0285. The fraction of sp³-hybridized carbons (Fsp3) is 0.500. The van der Waals surface area contributed by atoms with Crippen molar-refractivity contribution >= 4 is 40.1 Å². The first kappa shape index (κ1) is 28.9. The third-order valence-corrected chi connectivity index (χ3v) is 5.82. The second kappa shape index (κ2) is 14.2. The fourth-order valence-corrected chi connectivity index (χ4v) is 4.04. The summed E-state index contributed by atoms with van der Waals surface area (Å²) < 4.78 is 12.2. The van der Waals surface area contributed by atoms with Crippen LogP contribution < -0.4 is 4.74 Å².